The summed E-state index contributed by atoms with van der Waals surface area (Å²) in [7, 11) is 0. The van der Waals surface area contributed by atoms with Gasteiger partial charge in [-0.25, -0.2) is 4.98 Å². The number of ether oxygens (including phenoxy) is 1. The van der Waals surface area contributed by atoms with E-state index in [2.05, 4.69) is 21.4 Å². The molecule has 0 spiro atoms. The van der Waals surface area contributed by atoms with Crippen LogP contribution in [0.5, 0.6) is 5.75 Å². The highest BCUT2D eigenvalue weighted by Crippen LogP contribution is 2.30. The smallest absolute Gasteiger partial charge is 0.286 e. The Labute approximate surface area is 150 Å². The highest BCUT2D eigenvalue weighted by Gasteiger charge is 2.22. The standard InChI is InChI=1S/C18H18N4O2S/c23-17-16(11-13-2-3-15-14(10-13)4-9-24-15)25-18(21-17)20-5-1-7-22-8-6-19-12-22/h2-3,6,8,10-12H,1,4-5,7,9H2,(H,20,21,23)/b16-11-. The number of aliphatic imine (C=N–C) groups is 1. The van der Waals surface area contributed by atoms with E-state index in [1.807, 2.05) is 29.0 Å². The molecule has 2 aliphatic heterocycles. The molecule has 0 radical (unpaired) electrons. The summed E-state index contributed by atoms with van der Waals surface area (Å²) in [5, 5.41) is 3.90. The molecular formula is C18H18N4O2S. The van der Waals surface area contributed by atoms with Crippen LogP contribution >= 0.6 is 11.8 Å². The van der Waals surface area contributed by atoms with Crippen molar-refractivity contribution < 1.29 is 9.53 Å². The predicted molar refractivity (Wildman–Crippen MR) is 98.5 cm³/mol. The van der Waals surface area contributed by atoms with Crippen LogP contribution in [0.1, 0.15) is 17.5 Å². The molecule has 128 valence electrons. The van der Waals surface area contributed by atoms with Gasteiger partial charge in [0.25, 0.3) is 5.91 Å². The fraction of sp³-hybridized carbons (Fsp3) is 0.278. The number of hydrogen-bond donors (Lipinski definition) is 1. The molecule has 1 amide bonds. The molecule has 0 fully saturated rings. The fourth-order valence-corrected chi connectivity index (χ4v) is 3.65. The van der Waals surface area contributed by atoms with Crippen LogP contribution in [0.2, 0.25) is 0 Å². The van der Waals surface area contributed by atoms with Gasteiger partial charge < -0.3 is 14.6 Å². The maximum atomic E-state index is 12.1. The quantitative estimate of drug-likeness (QED) is 0.660. The number of benzene rings is 1. The Morgan fingerprint density at radius 1 is 1.40 bits per heavy atom. The molecule has 2 aromatic rings. The zero-order chi connectivity index (χ0) is 17.1. The normalized spacial score (nSPS) is 17.5. The van der Waals surface area contributed by atoms with Crippen LogP contribution in [-0.2, 0) is 17.8 Å². The lowest BCUT2D eigenvalue weighted by atomic mass is 10.1. The summed E-state index contributed by atoms with van der Waals surface area (Å²) in [6.07, 6.45) is 9.27. The third-order valence-corrected chi connectivity index (χ3v) is 5.00. The number of thioether (sulfide) groups is 1. The second-order valence-electron chi connectivity index (χ2n) is 5.88. The minimum absolute atomic E-state index is 0.182. The second-order valence-corrected chi connectivity index (χ2v) is 6.91. The number of imidazole rings is 1. The molecule has 0 saturated heterocycles. The molecule has 0 saturated carbocycles. The lowest BCUT2D eigenvalue weighted by Crippen LogP contribution is -2.21. The van der Waals surface area contributed by atoms with Crippen molar-refractivity contribution in [1.82, 2.24) is 14.9 Å². The maximum absolute atomic E-state index is 12.1. The van der Waals surface area contributed by atoms with Gasteiger partial charge in [0, 0.05) is 31.9 Å². The molecule has 0 atom stereocenters. The highest BCUT2D eigenvalue weighted by atomic mass is 32.2. The van der Waals surface area contributed by atoms with Crippen molar-refractivity contribution in [2.75, 3.05) is 13.2 Å². The molecule has 1 aromatic carbocycles. The van der Waals surface area contributed by atoms with E-state index in [1.165, 1.54) is 17.3 Å². The number of aryl methyl sites for hydroxylation is 1. The zero-order valence-corrected chi connectivity index (χ0v) is 14.5. The van der Waals surface area contributed by atoms with E-state index >= 15 is 0 Å². The van der Waals surface area contributed by atoms with Crippen molar-refractivity contribution in [2.24, 2.45) is 4.99 Å². The highest BCUT2D eigenvalue weighted by molar-refractivity contribution is 8.18. The van der Waals surface area contributed by atoms with Gasteiger partial charge in [0.2, 0.25) is 0 Å². The summed E-state index contributed by atoms with van der Waals surface area (Å²) in [6, 6.07) is 6.02. The van der Waals surface area contributed by atoms with Crippen LogP contribution in [0.3, 0.4) is 0 Å². The molecule has 3 heterocycles. The molecule has 25 heavy (non-hydrogen) atoms. The predicted octanol–water partition coefficient (Wildman–Crippen LogP) is 2.47. The largest absolute Gasteiger partial charge is 0.493 e. The van der Waals surface area contributed by atoms with E-state index in [4.69, 9.17) is 4.74 Å². The second kappa shape index (κ2) is 7.14. The minimum atomic E-state index is -0.182. The van der Waals surface area contributed by atoms with Gasteiger partial charge in [-0.2, -0.15) is 4.99 Å². The van der Waals surface area contributed by atoms with Gasteiger partial charge >= 0.3 is 0 Å². The third-order valence-electron chi connectivity index (χ3n) is 4.06. The summed E-state index contributed by atoms with van der Waals surface area (Å²) in [5.41, 5.74) is 2.21. The van der Waals surface area contributed by atoms with Crippen molar-refractivity contribution in [2.45, 2.75) is 19.4 Å². The number of rotatable bonds is 5. The van der Waals surface area contributed by atoms with E-state index in [0.717, 1.165) is 43.9 Å². The summed E-state index contributed by atoms with van der Waals surface area (Å²) >= 11 is 1.39. The Balaban J connectivity index is 1.32. The Bertz CT molecular complexity index is 843. The SMILES string of the molecule is O=C1N=C(NCCCn2ccnc2)S/C1=C\c1ccc2c(c1)CCO2. The summed E-state index contributed by atoms with van der Waals surface area (Å²) in [6.45, 7) is 2.39. The van der Waals surface area contributed by atoms with Crippen LogP contribution in [0, 0.1) is 0 Å². The van der Waals surface area contributed by atoms with Gasteiger partial charge in [-0.05, 0) is 47.5 Å². The summed E-state index contributed by atoms with van der Waals surface area (Å²) in [5.74, 6) is 0.767. The van der Waals surface area contributed by atoms with Crippen LogP contribution < -0.4 is 10.1 Å². The maximum Gasteiger partial charge on any atom is 0.286 e. The number of aromatic nitrogens is 2. The first-order chi connectivity index (χ1) is 12.3. The van der Waals surface area contributed by atoms with Gasteiger partial charge in [-0.1, -0.05) is 6.07 Å². The topological polar surface area (TPSA) is 68.5 Å². The average molecular weight is 354 g/mol. The van der Waals surface area contributed by atoms with E-state index in [-0.39, 0.29) is 5.91 Å². The number of amidine groups is 1. The van der Waals surface area contributed by atoms with Crippen LogP contribution in [0.4, 0.5) is 0 Å². The average Bonchev–Trinajstić information content (AvgIpc) is 3.33. The molecule has 1 N–H and O–H groups in total. The zero-order valence-electron chi connectivity index (χ0n) is 13.6. The van der Waals surface area contributed by atoms with Crippen LogP contribution in [0.25, 0.3) is 6.08 Å². The van der Waals surface area contributed by atoms with Gasteiger partial charge in [0.1, 0.15) is 5.75 Å². The number of hydrogen-bond acceptors (Lipinski definition) is 5. The molecule has 2 aliphatic rings. The first-order valence-corrected chi connectivity index (χ1v) is 9.07. The van der Waals surface area contributed by atoms with Crippen molar-refractivity contribution >= 4 is 28.9 Å². The van der Waals surface area contributed by atoms with Crippen molar-refractivity contribution in [1.29, 1.82) is 0 Å². The molecule has 0 unspecified atom stereocenters. The lowest BCUT2D eigenvalue weighted by Gasteiger charge is -2.05. The Morgan fingerprint density at radius 3 is 3.24 bits per heavy atom. The number of fused-ring (bicyclic) bond motifs is 1. The molecular weight excluding hydrogens is 336 g/mol. The number of amides is 1. The number of carbonyl (C=O) groups excluding carboxylic acids is 1. The van der Waals surface area contributed by atoms with Crippen molar-refractivity contribution in [3.8, 4) is 5.75 Å². The first-order valence-electron chi connectivity index (χ1n) is 8.26. The van der Waals surface area contributed by atoms with E-state index in [1.54, 1.807) is 12.5 Å². The van der Waals surface area contributed by atoms with Crippen molar-refractivity contribution in [3.63, 3.8) is 0 Å². The van der Waals surface area contributed by atoms with E-state index in [9.17, 15) is 4.79 Å². The summed E-state index contributed by atoms with van der Waals surface area (Å²) in [4.78, 5) is 20.8. The third kappa shape index (κ3) is 3.76. The van der Waals surface area contributed by atoms with Gasteiger partial charge in [-0.15, -0.1) is 0 Å². The summed E-state index contributed by atoms with van der Waals surface area (Å²) < 4.78 is 7.54. The minimum Gasteiger partial charge on any atom is -0.493 e. The first kappa shape index (κ1) is 16.0. The molecule has 6 nitrogen and oxygen atoms in total. The van der Waals surface area contributed by atoms with Crippen LogP contribution in [0.15, 0.2) is 46.8 Å². The van der Waals surface area contributed by atoms with Gasteiger partial charge in [0.15, 0.2) is 5.17 Å². The molecule has 4 rings (SSSR count). The molecule has 7 heteroatoms. The number of nitrogens with one attached hydrogen (secondary N) is 1. The number of nitrogens with zero attached hydrogens (tertiary/aromatic N) is 3. The molecule has 0 bridgehead atoms. The number of carbonyl (C=O) groups is 1. The lowest BCUT2D eigenvalue weighted by molar-refractivity contribution is -0.113. The molecule has 1 aromatic heterocycles. The Kier molecular flexibility index (Phi) is 4.56. The van der Waals surface area contributed by atoms with Crippen LogP contribution in [-0.4, -0.2) is 33.8 Å². The monoisotopic (exact) mass is 354 g/mol. The van der Waals surface area contributed by atoms with Crippen molar-refractivity contribution in [3.05, 3.63) is 53.0 Å². The Hall–Kier alpha value is -2.54. The van der Waals surface area contributed by atoms with E-state index in [0.29, 0.717) is 10.1 Å². The van der Waals surface area contributed by atoms with Gasteiger partial charge in [0.05, 0.1) is 17.8 Å². The fourth-order valence-electron chi connectivity index (χ4n) is 2.81. The van der Waals surface area contributed by atoms with E-state index < -0.39 is 0 Å². The van der Waals surface area contributed by atoms with Gasteiger partial charge in [-0.3, -0.25) is 4.79 Å². The Morgan fingerprint density at radius 2 is 2.36 bits per heavy atom. The molecule has 0 aliphatic carbocycles.